The minimum absolute atomic E-state index is 0.0259. The van der Waals surface area contributed by atoms with E-state index in [1.54, 1.807) is 24.3 Å². The van der Waals surface area contributed by atoms with E-state index in [0.29, 0.717) is 6.42 Å². The molecular formula is C18H27N3O5. The Morgan fingerprint density at radius 3 is 2.23 bits per heavy atom. The molecule has 0 spiro atoms. The van der Waals surface area contributed by atoms with E-state index in [1.165, 1.54) is 6.92 Å². The molecule has 3 atom stereocenters. The Morgan fingerprint density at radius 1 is 1.12 bits per heavy atom. The summed E-state index contributed by atoms with van der Waals surface area (Å²) in [7, 11) is 0. The number of rotatable bonds is 9. The van der Waals surface area contributed by atoms with Crippen LogP contribution in [0.5, 0.6) is 0 Å². The molecule has 0 aliphatic carbocycles. The van der Waals surface area contributed by atoms with E-state index in [9.17, 15) is 19.5 Å². The van der Waals surface area contributed by atoms with Gasteiger partial charge in [0.25, 0.3) is 0 Å². The van der Waals surface area contributed by atoms with E-state index in [1.807, 2.05) is 19.9 Å². The Hall–Kier alpha value is -2.61. The third-order valence-electron chi connectivity index (χ3n) is 3.62. The van der Waals surface area contributed by atoms with Crippen LogP contribution >= 0.6 is 0 Å². The molecule has 0 saturated heterocycles. The molecule has 1 aromatic rings. The van der Waals surface area contributed by atoms with Crippen molar-refractivity contribution in [2.24, 2.45) is 11.7 Å². The molecule has 3 amide bonds. The number of alkyl carbamates (subject to hydrolysis) is 1. The van der Waals surface area contributed by atoms with Gasteiger partial charge in [0.15, 0.2) is 0 Å². The van der Waals surface area contributed by atoms with Crippen LogP contribution in [0, 0.1) is 5.92 Å². The van der Waals surface area contributed by atoms with Crippen LogP contribution in [0.25, 0.3) is 0 Å². The molecule has 5 N–H and O–H groups in total. The molecule has 0 aliphatic rings. The molecule has 0 saturated carbocycles. The smallest absolute Gasteiger partial charge is 0.408 e. The van der Waals surface area contributed by atoms with Crippen LogP contribution < -0.4 is 16.4 Å². The van der Waals surface area contributed by atoms with Gasteiger partial charge in [-0.1, -0.05) is 44.2 Å². The molecule has 8 nitrogen and oxygen atoms in total. The molecule has 8 heteroatoms. The van der Waals surface area contributed by atoms with Gasteiger partial charge in [0.1, 0.15) is 18.7 Å². The zero-order valence-corrected chi connectivity index (χ0v) is 15.3. The Morgan fingerprint density at radius 2 is 1.73 bits per heavy atom. The quantitative estimate of drug-likeness (QED) is 0.511. The maximum Gasteiger partial charge on any atom is 0.408 e. The SMILES string of the molecule is CC(C)C[C@@H](NC(=O)[C@@H](NC(=O)OCc1ccccc1)[C@@H](C)O)C(N)=O. The van der Waals surface area contributed by atoms with Crippen molar-refractivity contribution in [3.05, 3.63) is 35.9 Å². The fourth-order valence-corrected chi connectivity index (χ4v) is 2.28. The van der Waals surface area contributed by atoms with Crippen LogP contribution in [0.15, 0.2) is 30.3 Å². The van der Waals surface area contributed by atoms with Crippen LogP contribution in [0.3, 0.4) is 0 Å². The van der Waals surface area contributed by atoms with Gasteiger partial charge in [-0.3, -0.25) is 9.59 Å². The van der Waals surface area contributed by atoms with Crippen LogP contribution in [0.2, 0.25) is 0 Å². The number of hydrogen-bond acceptors (Lipinski definition) is 5. The number of carbonyl (C=O) groups excluding carboxylic acids is 3. The average molecular weight is 365 g/mol. The minimum atomic E-state index is -1.27. The largest absolute Gasteiger partial charge is 0.445 e. The van der Waals surface area contributed by atoms with Gasteiger partial charge in [-0.2, -0.15) is 0 Å². The number of carbonyl (C=O) groups is 3. The highest BCUT2D eigenvalue weighted by Crippen LogP contribution is 2.06. The number of benzene rings is 1. The van der Waals surface area contributed by atoms with Gasteiger partial charge in [0.2, 0.25) is 11.8 Å². The third kappa shape index (κ3) is 7.52. The number of primary amides is 1. The first-order chi connectivity index (χ1) is 12.2. The van der Waals surface area contributed by atoms with Gasteiger partial charge in [-0.15, -0.1) is 0 Å². The molecule has 1 aromatic carbocycles. The van der Waals surface area contributed by atoms with Crippen molar-refractivity contribution in [3.63, 3.8) is 0 Å². The first-order valence-corrected chi connectivity index (χ1v) is 8.45. The van der Waals surface area contributed by atoms with E-state index in [-0.39, 0.29) is 12.5 Å². The first kappa shape index (κ1) is 21.4. The Kier molecular flexibility index (Phi) is 8.57. The molecule has 0 radical (unpaired) electrons. The summed E-state index contributed by atoms with van der Waals surface area (Å²) in [5.74, 6) is -1.26. The highest BCUT2D eigenvalue weighted by Gasteiger charge is 2.29. The Balaban J connectivity index is 2.64. The molecule has 0 fully saturated rings. The lowest BCUT2D eigenvalue weighted by molar-refractivity contribution is -0.130. The van der Waals surface area contributed by atoms with Gasteiger partial charge in [-0.05, 0) is 24.8 Å². The van der Waals surface area contributed by atoms with E-state index >= 15 is 0 Å². The zero-order valence-electron chi connectivity index (χ0n) is 15.3. The molecule has 0 aromatic heterocycles. The number of nitrogens with two attached hydrogens (primary N) is 1. The van der Waals surface area contributed by atoms with Crippen LogP contribution in [-0.4, -0.2) is 41.2 Å². The second-order valence-electron chi connectivity index (χ2n) is 6.52. The van der Waals surface area contributed by atoms with Crippen molar-refractivity contribution in [1.29, 1.82) is 0 Å². The van der Waals surface area contributed by atoms with Gasteiger partial charge in [0.05, 0.1) is 6.10 Å². The summed E-state index contributed by atoms with van der Waals surface area (Å²) in [5, 5.41) is 14.6. The molecule has 1 rings (SSSR count). The van der Waals surface area contributed by atoms with Crippen LogP contribution in [0.1, 0.15) is 32.8 Å². The molecule has 0 aliphatic heterocycles. The summed E-state index contributed by atoms with van der Waals surface area (Å²) in [6.45, 7) is 5.14. The minimum Gasteiger partial charge on any atom is -0.445 e. The van der Waals surface area contributed by atoms with Crippen molar-refractivity contribution in [1.82, 2.24) is 10.6 Å². The standard InChI is InChI=1S/C18H27N3O5/c1-11(2)9-14(16(19)23)20-17(24)15(12(3)22)21-18(25)26-10-13-7-5-4-6-8-13/h4-8,11-12,14-15,22H,9-10H2,1-3H3,(H2,19,23)(H,20,24)(H,21,25)/t12-,14-,15+/m1/s1. The summed E-state index contributed by atoms with van der Waals surface area (Å²) in [6.07, 6.45) is -1.69. The second-order valence-corrected chi connectivity index (χ2v) is 6.52. The molecule has 0 heterocycles. The lowest BCUT2D eigenvalue weighted by atomic mass is 10.0. The summed E-state index contributed by atoms with van der Waals surface area (Å²) in [6, 6.07) is 6.87. The third-order valence-corrected chi connectivity index (χ3v) is 3.62. The lowest BCUT2D eigenvalue weighted by Gasteiger charge is -2.24. The van der Waals surface area contributed by atoms with E-state index in [4.69, 9.17) is 10.5 Å². The number of aliphatic hydroxyl groups excluding tert-OH is 1. The molecule has 0 unspecified atom stereocenters. The first-order valence-electron chi connectivity index (χ1n) is 8.45. The Labute approximate surface area is 153 Å². The average Bonchev–Trinajstić information content (AvgIpc) is 2.57. The number of amides is 3. The van der Waals surface area contributed by atoms with Gasteiger partial charge < -0.3 is 26.2 Å². The highest BCUT2D eigenvalue weighted by molar-refractivity contribution is 5.91. The monoisotopic (exact) mass is 365 g/mol. The van der Waals surface area contributed by atoms with Gasteiger partial charge in [-0.25, -0.2) is 4.79 Å². The molecular weight excluding hydrogens is 338 g/mol. The van der Waals surface area contributed by atoms with Crippen LogP contribution in [-0.2, 0) is 20.9 Å². The van der Waals surface area contributed by atoms with E-state index in [2.05, 4.69) is 10.6 Å². The highest BCUT2D eigenvalue weighted by atomic mass is 16.5. The van der Waals surface area contributed by atoms with E-state index < -0.39 is 36.1 Å². The maximum absolute atomic E-state index is 12.3. The van der Waals surface area contributed by atoms with E-state index in [0.717, 1.165) is 5.56 Å². The summed E-state index contributed by atoms with van der Waals surface area (Å²) in [5.41, 5.74) is 6.08. The predicted molar refractivity (Wildman–Crippen MR) is 95.8 cm³/mol. The predicted octanol–water partition coefficient (Wildman–Crippen LogP) is 0.678. The molecule has 0 bridgehead atoms. The van der Waals surface area contributed by atoms with Crippen molar-refractivity contribution in [2.75, 3.05) is 0 Å². The van der Waals surface area contributed by atoms with Gasteiger partial charge in [0, 0.05) is 0 Å². The number of ether oxygens (including phenoxy) is 1. The second kappa shape index (κ2) is 10.4. The van der Waals surface area contributed by atoms with Crippen molar-refractivity contribution >= 4 is 17.9 Å². The van der Waals surface area contributed by atoms with Gasteiger partial charge >= 0.3 is 6.09 Å². The molecule has 144 valence electrons. The van der Waals surface area contributed by atoms with Crippen LogP contribution in [0.4, 0.5) is 4.79 Å². The van der Waals surface area contributed by atoms with Crippen molar-refractivity contribution in [2.45, 2.75) is 52.0 Å². The summed E-state index contributed by atoms with van der Waals surface area (Å²) >= 11 is 0. The number of hydrogen-bond donors (Lipinski definition) is 4. The zero-order chi connectivity index (χ0) is 19.7. The van der Waals surface area contributed by atoms with Crippen molar-refractivity contribution in [3.8, 4) is 0 Å². The fourth-order valence-electron chi connectivity index (χ4n) is 2.28. The Bertz CT molecular complexity index is 604. The number of aliphatic hydroxyl groups is 1. The maximum atomic E-state index is 12.3. The normalized spacial score (nSPS) is 14.2. The fraction of sp³-hybridized carbons (Fsp3) is 0.500. The summed E-state index contributed by atoms with van der Waals surface area (Å²) in [4.78, 5) is 35.7. The topological polar surface area (TPSA) is 131 Å². The lowest BCUT2D eigenvalue weighted by Crippen LogP contribution is -2.56. The van der Waals surface area contributed by atoms with Crippen molar-refractivity contribution < 1.29 is 24.2 Å². The molecule has 26 heavy (non-hydrogen) atoms. The number of nitrogens with one attached hydrogen (secondary N) is 2. The summed E-state index contributed by atoms with van der Waals surface area (Å²) < 4.78 is 5.04.